The summed E-state index contributed by atoms with van der Waals surface area (Å²) in [6, 6.07) is 5.92. The zero-order chi connectivity index (χ0) is 20.2. The van der Waals surface area contributed by atoms with Crippen LogP contribution < -0.4 is 10.9 Å². The molecule has 2 rings (SSSR count). The maximum absolute atomic E-state index is 11.1. The molecule has 0 radical (unpaired) electrons. The summed E-state index contributed by atoms with van der Waals surface area (Å²) in [5, 5.41) is 26.4. The van der Waals surface area contributed by atoms with Gasteiger partial charge in [-0.05, 0) is 36.4 Å². The maximum Gasteiger partial charge on any atom is 0.294 e. The van der Waals surface area contributed by atoms with Crippen LogP contribution in [0.4, 0.5) is 11.4 Å². The Balaban J connectivity index is 2.04. The summed E-state index contributed by atoms with van der Waals surface area (Å²) in [5.74, 6) is -0.692. The molecular formula is C13H14N4O8S2. The first-order valence-corrected chi connectivity index (χ1v) is 9.84. The molecule has 0 fully saturated rings. The highest BCUT2D eigenvalue weighted by Crippen LogP contribution is 2.29. The van der Waals surface area contributed by atoms with Gasteiger partial charge in [-0.1, -0.05) is 0 Å². The second-order valence-electron chi connectivity index (χ2n) is 4.98. The van der Waals surface area contributed by atoms with E-state index in [0.29, 0.717) is 0 Å². The van der Waals surface area contributed by atoms with Crippen molar-refractivity contribution in [3.8, 4) is 11.5 Å². The molecule has 0 aromatic heterocycles. The lowest BCUT2D eigenvalue weighted by molar-refractivity contribution is 0.472. The van der Waals surface area contributed by atoms with Gasteiger partial charge in [0, 0.05) is 0 Å². The van der Waals surface area contributed by atoms with Crippen molar-refractivity contribution in [3.63, 3.8) is 0 Å². The minimum absolute atomic E-state index is 0.0726. The Hall–Kier alpha value is -2.78. The van der Waals surface area contributed by atoms with Crippen molar-refractivity contribution in [1.29, 1.82) is 0 Å². The Kier molecular flexibility index (Phi) is 5.97. The topological polar surface area (TPSA) is 198 Å². The first kappa shape index (κ1) is 20.5. The fourth-order valence-corrected chi connectivity index (χ4v) is 2.81. The zero-order valence-electron chi connectivity index (χ0n) is 13.3. The van der Waals surface area contributed by atoms with Crippen LogP contribution in [0.15, 0.2) is 56.4 Å². The highest BCUT2D eigenvalue weighted by atomic mass is 32.2. The fourth-order valence-electron chi connectivity index (χ4n) is 1.80. The number of phenolic OH excluding ortho intramolecular Hbond substituents is 2. The van der Waals surface area contributed by atoms with Gasteiger partial charge >= 0.3 is 0 Å². The van der Waals surface area contributed by atoms with Crippen molar-refractivity contribution in [2.24, 2.45) is 10.2 Å². The average molecular weight is 418 g/mol. The molecule has 0 heterocycles. The van der Waals surface area contributed by atoms with Crippen LogP contribution in [-0.4, -0.2) is 42.8 Å². The van der Waals surface area contributed by atoms with Crippen LogP contribution in [0.1, 0.15) is 0 Å². The molecule has 0 saturated carbocycles. The van der Waals surface area contributed by atoms with Crippen LogP contribution in [0.5, 0.6) is 11.5 Å². The molecule has 0 saturated heterocycles. The van der Waals surface area contributed by atoms with Crippen LogP contribution in [0.25, 0.3) is 0 Å². The third-order valence-corrected chi connectivity index (χ3v) is 4.76. The number of benzene rings is 2. The Morgan fingerprint density at radius 2 is 1.41 bits per heavy atom. The molecule has 0 spiro atoms. The molecule has 27 heavy (non-hydrogen) atoms. The van der Waals surface area contributed by atoms with Crippen LogP contribution >= 0.6 is 0 Å². The molecule has 0 atom stereocenters. The number of hydrazine groups is 1. The molecule has 0 aliphatic heterocycles. The number of hydrogen-bond acceptors (Lipinski definition) is 10. The van der Waals surface area contributed by atoms with Crippen molar-refractivity contribution in [2.75, 3.05) is 12.1 Å². The average Bonchev–Trinajstić information content (AvgIpc) is 2.55. The summed E-state index contributed by atoms with van der Waals surface area (Å²) in [6.07, 6.45) is 0. The van der Waals surface area contributed by atoms with Gasteiger partial charge in [0.25, 0.3) is 20.2 Å². The summed E-state index contributed by atoms with van der Waals surface area (Å²) in [5.41, 5.74) is 4.60. The normalized spacial score (nSPS) is 12.4. The summed E-state index contributed by atoms with van der Waals surface area (Å²) < 4.78 is 62.2. The van der Waals surface area contributed by atoms with Gasteiger partial charge in [0.1, 0.15) is 23.9 Å². The predicted octanol–water partition coefficient (Wildman–Crippen LogP) is 1.25. The van der Waals surface area contributed by atoms with Crippen LogP contribution in [0.3, 0.4) is 0 Å². The quantitative estimate of drug-likeness (QED) is 0.125. The van der Waals surface area contributed by atoms with Crippen molar-refractivity contribution in [3.05, 3.63) is 36.4 Å². The Morgan fingerprint density at radius 1 is 0.852 bits per heavy atom. The molecule has 0 unspecified atom stereocenters. The summed E-state index contributed by atoms with van der Waals surface area (Å²) >= 11 is 0. The Bertz CT molecular complexity index is 1080. The number of aromatic hydroxyl groups is 2. The standard InChI is InChI=1S/C13H14N4O8S2/c18-12-3-1-8(26(20,21)22)5-10(12)16-14-7-15-17-11-6-9(27(23,24)25)2-4-13(11)19/h1-6,14,16,18-19H,7H2,(H,20,21,22)(H,23,24,25). The van der Waals surface area contributed by atoms with Gasteiger partial charge in [-0.25, -0.2) is 5.43 Å². The molecule has 12 nitrogen and oxygen atoms in total. The molecule has 14 heteroatoms. The second kappa shape index (κ2) is 7.85. The summed E-state index contributed by atoms with van der Waals surface area (Å²) in [4.78, 5) is -0.925. The lowest BCUT2D eigenvalue weighted by Gasteiger charge is -2.09. The number of azo groups is 1. The molecule has 146 valence electrons. The Labute approximate surface area is 153 Å². The first-order valence-electron chi connectivity index (χ1n) is 6.96. The highest BCUT2D eigenvalue weighted by Gasteiger charge is 2.13. The molecule has 6 N–H and O–H groups in total. The van der Waals surface area contributed by atoms with E-state index in [1.54, 1.807) is 0 Å². The monoisotopic (exact) mass is 418 g/mol. The van der Waals surface area contributed by atoms with Crippen molar-refractivity contribution >= 4 is 31.6 Å². The van der Waals surface area contributed by atoms with Crippen molar-refractivity contribution in [1.82, 2.24) is 5.43 Å². The number of rotatable bonds is 7. The summed E-state index contributed by atoms with van der Waals surface area (Å²) in [7, 11) is -8.92. The number of nitrogens with zero attached hydrogens (tertiary/aromatic N) is 2. The Morgan fingerprint density at radius 3 is 2.00 bits per heavy atom. The van der Waals surface area contributed by atoms with E-state index in [9.17, 15) is 27.0 Å². The van der Waals surface area contributed by atoms with Crippen molar-refractivity contribution < 1.29 is 36.2 Å². The molecule has 0 bridgehead atoms. The van der Waals surface area contributed by atoms with Gasteiger partial charge in [0.05, 0.1) is 15.5 Å². The van der Waals surface area contributed by atoms with Crippen LogP contribution in [0, 0.1) is 0 Å². The number of nitrogens with one attached hydrogen (secondary N) is 2. The zero-order valence-corrected chi connectivity index (χ0v) is 14.9. The largest absolute Gasteiger partial charge is 0.506 e. The van der Waals surface area contributed by atoms with Gasteiger partial charge in [0.2, 0.25) is 0 Å². The smallest absolute Gasteiger partial charge is 0.294 e. The number of anilines is 1. The van der Waals surface area contributed by atoms with E-state index in [4.69, 9.17) is 9.11 Å². The highest BCUT2D eigenvalue weighted by molar-refractivity contribution is 7.86. The minimum atomic E-state index is -4.47. The van der Waals surface area contributed by atoms with E-state index < -0.39 is 30.0 Å². The molecule has 0 aliphatic rings. The fraction of sp³-hybridized carbons (Fsp3) is 0.0769. The van der Waals surface area contributed by atoms with Gasteiger partial charge in [-0.2, -0.15) is 27.1 Å². The van der Waals surface area contributed by atoms with Gasteiger partial charge in [0.15, 0.2) is 0 Å². The predicted molar refractivity (Wildman–Crippen MR) is 92.0 cm³/mol. The molecule has 0 aliphatic carbocycles. The van der Waals surface area contributed by atoms with Crippen LogP contribution in [-0.2, 0) is 20.2 Å². The third-order valence-electron chi connectivity index (χ3n) is 3.06. The molecular weight excluding hydrogens is 404 g/mol. The lowest BCUT2D eigenvalue weighted by Crippen LogP contribution is -2.21. The second-order valence-corrected chi connectivity index (χ2v) is 7.82. The van der Waals surface area contributed by atoms with E-state index in [2.05, 4.69) is 21.1 Å². The van der Waals surface area contributed by atoms with Crippen LogP contribution in [0.2, 0.25) is 0 Å². The molecule has 2 aromatic rings. The first-order chi connectivity index (χ1) is 12.5. The van der Waals surface area contributed by atoms with E-state index in [1.807, 2.05) is 0 Å². The molecule has 2 aromatic carbocycles. The third kappa shape index (κ3) is 5.60. The maximum atomic E-state index is 11.1. The van der Waals surface area contributed by atoms with Gasteiger partial charge < -0.3 is 15.6 Å². The SMILES string of the molecule is O=S(=O)(O)c1ccc(O)c(N=NCNNc2cc(S(=O)(=O)O)ccc2O)c1. The van der Waals surface area contributed by atoms with E-state index >= 15 is 0 Å². The van der Waals surface area contributed by atoms with Crippen molar-refractivity contribution in [2.45, 2.75) is 9.79 Å². The van der Waals surface area contributed by atoms with E-state index in [-0.39, 0.29) is 29.5 Å². The minimum Gasteiger partial charge on any atom is -0.506 e. The van der Waals surface area contributed by atoms with E-state index in [1.165, 1.54) is 0 Å². The lowest BCUT2D eigenvalue weighted by atomic mass is 10.3. The number of hydrogen-bond donors (Lipinski definition) is 6. The molecule has 0 amide bonds. The number of phenols is 2. The van der Waals surface area contributed by atoms with Gasteiger partial charge in [-0.3, -0.25) is 9.11 Å². The van der Waals surface area contributed by atoms with E-state index in [0.717, 1.165) is 36.4 Å². The van der Waals surface area contributed by atoms with Gasteiger partial charge in [-0.15, -0.1) is 0 Å². The summed E-state index contributed by atoms with van der Waals surface area (Å²) in [6.45, 7) is -0.245.